The van der Waals surface area contributed by atoms with Gasteiger partial charge in [0, 0.05) is 12.0 Å². The van der Waals surface area contributed by atoms with Gasteiger partial charge >= 0.3 is 5.97 Å². The molecule has 0 aromatic heterocycles. The van der Waals surface area contributed by atoms with Crippen molar-refractivity contribution in [3.8, 4) is 5.75 Å². The molecule has 10 N–H and O–H groups in total. The highest BCUT2D eigenvalue weighted by Gasteiger charge is 2.19. The largest absolute Gasteiger partial charge is 0.506 e. The summed E-state index contributed by atoms with van der Waals surface area (Å²) in [6, 6.07) is 2.93. The number of rotatable bonds is 4. The molecule has 0 saturated heterocycles. The first-order valence-corrected chi connectivity index (χ1v) is 4.52. The van der Waals surface area contributed by atoms with E-state index in [-0.39, 0.29) is 34.4 Å². The Hall–Kier alpha value is -2.16. The van der Waals surface area contributed by atoms with Crippen LogP contribution >= 0.6 is 0 Å². The summed E-state index contributed by atoms with van der Waals surface area (Å²) in [5, 5.41) is 17.8. The van der Waals surface area contributed by atoms with Crippen molar-refractivity contribution >= 4 is 17.4 Å². The number of anilines is 1. The van der Waals surface area contributed by atoms with Crippen molar-refractivity contribution in [2.45, 2.75) is 12.5 Å². The predicted molar refractivity (Wildman–Crippen MR) is 64.3 cm³/mol. The number of carboxylic acids is 1. The molecule has 8 heteroatoms. The second-order valence-corrected chi connectivity index (χ2v) is 3.31. The molecular formula is C10H16N2O6. The maximum absolute atomic E-state index is 11.6. The highest BCUT2D eigenvalue weighted by molar-refractivity contribution is 6.03. The predicted octanol–water partition coefficient (Wildman–Crippen LogP) is -1.69. The third kappa shape index (κ3) is 4.01. The Kier molecular flexibility index (Phi) is 7.31. The van der Waals surface area contributed by atoms with Gasteiger partial charge in [-0.25, -0.2) is 0 Å². The third-order valence-electron chi connectivity index (χ3n) is 2.11. The molecule has 1 aromatic carbocycles. The molecule has 8 nitrogen and oxygen atoms in total. The van der Waals surface area contributed by atoms with Crippen LogP contribution in [0.5, 0.6) is 5.75 Å². The van der Waals surface area contributed by atoms with E-state index in [0.717, 1.165) is 0 Å². The van der Waals surface area contributed by atoms with Gasteiger partial charge in [-0.3, -0.25) is 9.59 Å². The molecule has 0 radical (unpaired) electrons. The van der Waals surface area contributed by atoms with Crippen molar-refractivity contribution in [2.24, 2.45) is 5.73 Å². The number of carbonyl (C=O) groups is 2. The summed E-state index contributed by atoms with van der Waals surface area (Å²) in [5.41, 5.74) is 10.7. The quantitative estimate of drug-likeness (QED) is 0.283. The number of aliphatic carboxylic acids is 1. The molecule has 102 valence electrons. The van der Waals surface area contributed by atoms with Crippen LogP contribution in [-0.4, -0.2) is 39.0 Å². The Morgan fingerprint density at radius 3 is 2.33 bits per heavy atom. The van der Waals surface area contributed by atoms with Crippen LogP contribution in [0.2, 0.25) is 0 Å². The molecule has 0 unspecified atom stereocenters. The molecule has 0 amide bonds. The zero-order valence-electron chi connectivity index (χ0n) is 9.38. The van der Waals surface area contributed by atoms with Crippen molar-refractivity contribution in [1.29, 1.82) is 0 Å². The Morgan fingerprint density at radius 1 is 1.28 bits per heavy atom. The van der Waals surface area contributed by atoms with E-state index in [1.807, 2.05) is 0 Å². The SMILES string of the molecule is Nc1c(O)cccc1C(=O)C[C@H](N)C(=O)O.O.O. The van der Waals surface area contributed by atoms with Gasteiger partial charge in [0.05, 0.1) is 5.69 Å². The fraction of sp³-hybridized carbons (Fsp3) is 0.200. The number of benzene rings is 1. The van der Waals surface area contributed by atoms with Crippen molar-refractivity contribution < 1.29 is 30.8 Å². The summed E-state index contributed by atoms with van der Waals surface area (Å²) in [5.74, 6) is -1.98. The lowest BCUT2D eigenvalue weighted by Crippen LogP contribution is -2.32. The summed E-state index contributed by atoms with van der Waals surface area (Å²) in [4.78, 5) is 22.1. The smallest absolute Gasteiger partial charge is 0.320 e. The first-order valence-electron chi connectivity index (χ1n) is 4.52. The highest BCUT2D eigenvalue weighted by Crippen LogP contribution is 2.24. The monoisotopic (exact) mass is 260 g/mol. The second kappa shape index (κ2) is 7.22. The van der Waals surface area contributed by atoms with E-state index in [0.29, 0.717) is 0 Å². The minimum absolute atomic E-state index is 0. The van der Waals surface area contributed by atoms with E-state index >= 15 is 0 Å². The summed E-state index contributed by atoms with van der Waals surface area (Å²) in [6.45, 7) is 0. The number of aromatic hydroxyl groups is 1. The molecule has 1 aromatic rings. The van der Waals surface area contributed by atoms with Crippen LogP contribution < -0.4 is 11.5 Å². The van der Waals surface area contributed by atoms with Gasteiger partial charge in [0.1, 0.15) is 11.8 Å². The summed E-state index contributed by atoms with van der Waals surface area (Å²) in [6.07, 6.45) is -0.358. The summed E-state index contributed by atoms with van der Waals surface area (Å²) < 4.78 is 0. The van der Waals surface area contributed by atoms with Crippen molar-refractivity contribution in [2.75, 3.05) is 5.73 Å². The van der Waals surface area contributed by atoms with E-state index < -0.39 is 17.8 Å². The molecule has 0 bridgehead atoms. The summed E-state index contributed by atoms with van der Waals surface area (Å²) in [7, 11) is 0. The molecule has 0 spiro atoms. The molecule has 18 heavy (non-hydrogen) atoms. The fourth-order valence-electron chi connectivity index (χ4n) is 1.19. The maximum Gasteiger partial charge on any atom is 0.320 e. The van der Waals surface area contributed by atoms with E-state index in [4.69, 9.17) is 16.6 Å². The van der Waals surface area contributed by atoms with Gasteiger partial charge < -0.3 is 32.6 Å². The molecular weight excluding hydrogens is 244 g/mol. The number of nitrogen functional groups attached to an aromatic ring is 1. The van der Waals surface area contributed by atoms with Crippen LogP contribution in [0.25, 0.3) is 0 Å². The zero-order chi connectivity index (χ0) is 12.3. The molecule has 1 rings (SSSR count). The lowest BCUT2D eigenvalue weighted by atomic mass is 10.0. The fourth-order valence-corrected chi connectivity index (χ4v) is 1.19. The van der Waals surface area contributed by atoms with Crippen molar-refractivity contribution in [1.82, 2.24) is 0 Å². The number of nitrogens with two attached hydrogens (primary N) is 2. The Morgan fingerprint density at radius 2 is 1.83 bits per heavy atom. The second-order valence-electron chi connectivity index (χ2n) is 3.31. The van der Waals surface area contributed by atoms with E-state index in [1.54, 1.807) is 0 Å². The number of para-hydroxylation sites is 1. The van der Waals surface area contributed by atoms with Crippen LogP contribution in [0, 0.1) is 0 Å². The van der Waals surface area contributed by atoms with Gasteiger partial charge in [-0.1, -0.05) is 6.07 Å². The molecule has 1 atom stereocenters. The number of phenolic OH excluding ortho intramolecular Hbond substituents is 1. The molecule has 0 aliphatic carbocycles. The number of hydrogen-bond donors (Lipinski definition) is 4. The van der Waals surface area contributed by atoms with E-state index in [1.165, 1.54) is 18.2 Å². The van der Waals surface area contributed by atoms with E-state index in [2.05, 4.69) is 0 Å². The minimum Gasteiger partial charge on any atom is -0.506 e. The van der Waals surface area contributed by atoms with Crippen LogP contribution in [0.15, 0.2) is 18.2 Å². The Balaban J connectivity index is 0. The van der Waals surface area contributed by atoms with E-state index in [9.17, 15) is 14.7 Å². The number of ketones is 1. The number of hydrogen-bond acceptors (Lipinski definition) is 5. The van der Waals surface area contributed by atoms with Gasteiger partial charge in [-0.15, -0.1) is 0 Å². The normalized spacial score (nSPS) is 10.7. The zero-order valence-corrected chi connectivity index (χ0v) is 9.38. The van der Waals surface area contributed by atoms with Crippen molar-refractivity contribution in [3.05, 3.63) is 23.8 Å². The Labute approximate surface area is 102 Å². The number of carbonyl (C=O) groups excluding carboxylic acids is 1. The number of Topliss-reactive ketones (excluding diaryl/α,β-unsaturated/α-hetero) is 1. The molecule has 0 aliphatic heterocycles. The van der Waals surface area contributed by atoms with Gasteiger partial charge in [0.25, 0.3) is 0 Å². The highest BCUT2D eigenvalue weighted by atomic mass is 16.4. The summed E-state index contributed by atoms with van der Waals surface area (Å²) >= 11 is 0. The number of phenols is 1. The van der Waals surface area contributed by atoms with Gasteiger partial charge in [0.2, 0.25) is 0 Å². The average Bonchev–Trinajstić information content (AvgIpc) is 2.21. The molecule has 0 saturated carbocycles. The molecule has 0 fully saturated rings. The Bertz CT molecular complexity index is 434. The van der Waals surface area contributed by atoms with Crippen LogP contribution in [0.3, 0.4) is 0 Å². The van der Waals surface area contributed by atoms with Crippen molar-refractivity contribution in [3.63, 3.8) is 0 Å². The third-order valence-corrected chi connectivity index (χ3v) is 2.11. The minimum atomic E-state index is -1.27. The van der Waals surface area contributed by atoms with Crippen LogP contribution in [0.4, 0.5) is 5.69 Å². The average molecular weight is 260 g/mol. The maximum atomic E-state index is 11.6. The lowest BCUT2D eigenvalue weighted by Gasteiger charge is -2.08. The van der Waals surface area contributed by atoms with Gasteiger partial charge in [-0.2, -0.15) is 0 Å². The first kappa shape index (κ1) is 18.2. The lowest BCUT2D eigenvalue weighted by molar-refractivity contribution is -0.138. The molecule has 0 heterocycles. The van der Waals surface area contributed by atoms with Gasteiger partial charge in [-0.05, 0) is 12.1 Å². The standard InChI is InChI=1S/C10H12N2O4.2H2O/c11-6(10(15)16)4-8(14)5-2-1-3-7(13)9(5)12;;/h1-3,6,13H,4,11-12H2,(H,15,16);2*1H2/t6-;;/m0../s1. The number of carboxylic acid groups (broad SMARTS) is 1. The van der Waals surface area contributed by atoms with Crippen LogP contribution in [0.1, 0.15) is 16.8 Å². The van der Waals surface area contributed by atoms with Gasteiger partial charge in [0.15, 0.2) is 5.78 Å². The molecule has 0 aliphatic rings. The topological polar surface area (TPSA) is 190 Å². The van der Waals surface area contributed by atoms with Crippen LogP contribution in [-0.2, 0) is 4.79 Å². The first-order chi connectivity index (χ1) is 7.43.